The van der Waals surface area contributed by atoms with Crippen LogP contribution >= 0.6 is 0 Å². The molecule has 1 atom stereocenters. The molecule has 9 nitrogen and oxygen atoms in total. The third-order valence-electron chi connectivity index (χ3n) is 4.05. The van der Waals surface area contributed by atoms with E-state index in [4.69, 9.17) is 9.72 Å². The van der Waals surface area contributed by atoms with Gasteiger partial charge in [0.05, 0.1) is 24.2 Å². The van der Waals surface area contributed by atoms with Gasteiger partial charge in [-0.25, -0.2) is 9.97 Å². The van der Waals surface area contributed by atoms with Gasteiger partial charge in [-0.1, -0.05) is 13.8 Å². The molecule has 0 saturated carbocycles. The molecule has 0 bridgehead atoms. The fourth-order valence-corrected chi connectivity index (χ4v) is 2.64. The van der Waals surface area contributed by atoms with Crippen molar-refractivity contribution in [3.63, 3.8) is 0 Å². The zero-order chi connectivity index (χ0) is 18.0. The molecular formula is C16H24N8O. The Morgan fingerprint density at radius 2 is 2.04 bits per heavy atom. The number of hydrogen-bond acceptors (Lipinski definition) is 7. The number of anilines is 1. The topological polar surface area (TPSA) is 95.6 Å². The third-order valence-corrected chi connectivity index (χ3v) is 4.05. The first-order valence-electron chi connectivity index (χ1n) is 8.34. The summed E-state index contributed by atoms with van der Waals surface area (Å²) in [5, 5.41) is 16.9. The first kappa shape index (κ1) is 17.3. The molecule has 3 heterocycles. The van der Waals surface area contributed by atoms with Crippen LogP contribution in [0.2, 0.25) is 0 Å². The van der Waals surface area contributed by atoms with Crippen LogP contribution in [0.5, 0.6) is 0 Å². The van der Waals surface area contributed by atoms with Crippen molar-refractivity contribution in [3.8, 4) is 0 Å². The number of hydrogen-bond donors (Lipinski definition) is 1. The lowest BCUT2D eigenvalue weighted by Crippen LogP contribution is -2.17. The van der Waals surface area contributed by atoms with Gasteiger partial charge in [0.15, 0.2) is 11.5 Å². The highest BCUT2D eigenvalue weighted by Gasteiger charge is 2.18. The second-order valence-corrected chi connectivity index (χ2v) is 6.33. The Balaban J connectivity index is 1.93. The smallest absolute Gasteiger partial charge is 0.163 e. The van der Waals surface area contributed by atoms with Crippen LogP contribution in [0.15, 0.2) is 12.5 Å². The molecule has 0 amide bonds. The Morgan fingerprint density at radius 1 is 1.24 bits per heavy atom. The summed E-state index contributed by atoms with van der Waals surface area (Å²) < 4.78 is 8.88. The highest BCUT2D eigenvalue weighted by atomic mass is 16.5. The summed E-state index contributed by atoms with van der Waals surface area (Å²) in [6.07, 6.45) is 3.50. The average Bonchev–Trinajstić information content (AvgIpc) is 3.20. The summed E-state index contributed by atoms with van der Waals surface area (Å²) in [4.78, 5) is 9.32. The maximum Gasteiger partial charge on any atom is 0.163 e. The van der Waals surface area contributed by atoms with Crippen molar-refractivity contribution in [3.05, 3.63) is 24.2 Å². The zero-order valence-electron chi connectivity index (χ0n) is 15.3. The van der Waals surface area contributed by atoms with Crippen LogP contribution in [0.25, 0.3) is 11.0 Å². The predicted octanol–water partition coefficient (Wildman–Crippen LogP) is 1.90. The minimum Gasteiger partial charge on any atom is -0.383 e. The maximum atomic E-state index is 5.14. The Kier molecular flexibility index (Phi) is 4.93. The molecule has 0 aliphatic carbocycles. The molecule has 0 unspecified atom stereocenters. The number of ether oxygens (including phenoxy) is 1. The molecule has 0 spiro atoms. The molecule has 25 heavy (non-hydrogen) atoms. The van der Waals surface area contributed by atoms with Crippen molar-refractivity contribution in [1.82, 2.24) is 34.5 Å². The van der Waals surface area contributed by atoms with Gasteiger partial charge in [-0.2, -0.15) is 5.10 Å². The lowest BCUT2D eigenvalue weighted by atomic mass is 10.2. The molecule has 3 rings (SSSR count). The van der Waals surface area contributed by atoms with Crippen molar-refractivity contribution in [1.29, 1.82) is 0 Å². The van der Waals surface area contributed by atoms with Crippen LogP contribution in [-0.4, -0.2) is 48.2 Å². The van der Waals surface area contributed by atoms with Crippen LogP contribution in [0, 0.1) is 0 Å². The van der Waals surface area contributed by atoms with Gasteiger partial charge in [0, 0.05) is 26.6 Å². The third kappa shape index (κ3) is 3.46. The molecule has 0 aromatic carbocycles. The summed E-state index contributed by atoms with van der Waals surface area (Å²) in [5.74, 6) is 2.60. The Bertz CT molecular complexity index is 853. The molecule has 0 radical (unpaired) electrons. The first-order valence-corrected chi connectivity index (χ1v) is 8.34. The normalized spacial score (nSPS) is 12.9. The largest absolute Gasteiger partial charge is 0.383 e. The molecule has 0 aliphatic rings. The number of fused-ring (bicyclic) bond motifs is 1. The summed E-state index contributed by atoms with van der Waals surface area (Å²) in [6.45, 7) is 7.49. The van der Waals surface area contributed by atoms with Crippen molar-refractivity contribution in [2.75, 3.05) is 19.0 Å². The minimum atomic E-state index is -0.0716. The molecule has 0 saturated heterocycles. The molecule has 9 heteroatoms. The minimum absolute atomic E-state index is 0.0716. The van der Waals surface area contributed by atoms with E-state index in [1.807, 2.05) is 18.5 Å². The zero-order valence-corrected chi connectivity index (χ0v) is 15.3. The van der Waals surface area contributed by atoms with Crippen molar-refractivity contribution in [2.24, 2.45) is 7.05 Å². The lowest BCUT2D eigenvalue weighted by molar-refractivity contribution is 0.186. The van der Waals surface area contributed by atoms with Gasteiger partial charge in [-0.05, 0) is 6.92 Å². The molecule has 3 aromatic heterocycles. The van der Waals surface area contributed by atoms with E-state index < -0.39 is 0 Å². The number of nitrogens with zero attached hydrogens (tertiary/aromatic N) is 7. The fraction of sp³-hybridized carbons (Fsp3) is 0.562. The van der Waals surface area contributed by atoms with Crippen LogP contribution < -0.4 is 5.32 Å². The van der Waals surface area contributed by atoms with Crippen LogP contribution in [0.4, 0.5) is 5.82 Å². The molecule has 134 valence electrons. The van der Waals surface area contributed by atoms with E-state index in [0.717, 1.165) is 28.5 Å². The van der Waals surface area contributed by atoms with Gasteiger partial charge >= 0.3 is 0 Å². The van der Waals surface area contributed by atoms with Gasteiger partial charge in [0.2, 0.25) is 0 Å². The van der Waals surface area contributed by atoms with Crippen LogP contribution in [0.1, 0.15) is 44.4 Å². The standard InChI is InChI=1S/C16H24N8O/c1-10(2)13-20-14(12-8-18-23(4)16(12)21-13)19-11(3)15-22-17-9-24(15)6-7-25-5/h8-11H,6-7H2,1-5H3,(H,19,20,21)/t11-/m1/s1. The molecule has 1 N–H and O–H groups in total. The van der Waals surface area contributed by atoms with Gasteiger partial charge in [-0.3, -0.25) is 4.68 Å². The quantitative estimate of drug-likeness (QED) is 0.699. The highest BCUT2D eigenvalue weighted by molar-refractivity contribution is 5.86. The summed E-state index contributed by atoms with van der Waals surface area (Å²) >= 11 is 0. The lowest BCUT2D eigenvalue weighted by Gasteiger charge is -2.17. The molecule has 3 aromatic rings. The number of aromatic nitrogens is 7. The number of methoxy groups -OCH3 is 1. The van der Waals surface area contributed by atoms with E-state index in [2.05, 4.69) is 39.4 Å². The molecule has 0 fully saturated rings. The van der Waals surface area contributed by atoms with Gasteiger partial charge in [0.25, 0.3) is 0 Å². The monoisotopic (exact) mass is 344 g/mol. The van der Waals surface area contributed by atoms with Gasteiger partial charge in [-0.15, -0.1) is 10.2 Å². The maximum absolute atomic E-state index is 5.14. The van der Waals surface area contributed by atoms with E-state index in [0.29, 0.717) is 13.2 Å². The van der Waals surface area contributed by atoms with E-state index in [1.54, 1.807) is 24.3 Å². The van der Waals surface area contributed by atoms with Crippen LogP contribution in [0.3, 0.4) is 0 Å². The SMILES string of the molecule is COCCn1cnnc1[C@@H](C)Nc1nc(C(C)C)nc2c1cnn2C. The van der Waals surface area contributed by atoms with Crippen molar-refractivity contribution in [2.45, 2.75) is 39.3 Å². The molecular weight excluding hydrogens is 320 g/mol. The predicted molar refractivity (Wildman–Crippen MR) is 94.3 cm³/mol. The second-order valence-electron chi connectivity index (χ2n) is 6.33. The Labute approximate surface area is 146 Å². The molecule has 0 aliphatic heterocycles. The highest BCUT2D eigenvalue weighted by Crippen LogP contribution is 2.25. The van der Waals surface area contributed by atoms with Crippen molar-refractivity contribution < 1.29 is 4.74 Å². The Morgan fingerprint density at radius 3 is 2.76 bits per heavy atom. The van der Waals surface area contributed by atoms with E-state index in [1.165, 1.54) is 0 Å². The Hall–Kier alpha value is -2.55. The van der Waals surface area contributed by atoms with Crippen molar-refractivity contribution >= 4 is 16.9 Å². The average molecular weight is 344 g/mol. The number of rotatable bonds is 7. The van der Waals surface area contributed by atoms with E-state index >= 15 is 0 Å². The number of nitrogens with one attached hydrogen (secondary N) is 1. The second kappa shape index (κ2) is 7.14. The van der Waals surface area contributed by atoms with E-state index in [9.17, 15) is 0 Å². The number of aryl methyl sites for hydroxylation is 1. The summed E-state index contributed by atoms with van der Waals surface area (Å²) in [7, 11) is 3.56. The summed E-state index contributed by atoms with van der Waals surface area (Å²) in [5.41, 5.74) is 0.814. The van der Waals surface area contributed by atoms with Gasteiger partial charge in [0.1, 0.15) is 18.0 Å². The van der Waals surface area contributed by atoms with E-state index in [-0.39, 0.29) is 12.0 Å². The first-order chi connectivity index (χ1) is 12.0. The summed E-state index contributed by atoms with van der Waals surface area (Å²) in [6, 6.07) is -0.0716. The van der Waals surface area contributed by atoms with Gasteiger partial charge < -0.3 is 14.6 Å². The fourth-order valence-electron chi connectivity index (χ4n) is 2.64. The van der Waals surface area contributed by atoms with Crippen LogP contribution in [-0.2, 0) is 18.3 Å².